The summed E-state index contributed by atoms with van der Waals surface area (Å²) in [5, 5.41) is 3.32. The highest BCUT2D eigenvalue weighted by Gasteiger charge is 2.30. The van der Waals surface area contributed by atoms with Gasteiger partial charge in [-0.2, -0.15) is 13.2 Å². The minimum absolute atomic E-state index is 0.268. The maximum atomic E-state index is 12.5. The van der Waals surface area contributed by atoms with E-state index in [0.29, 0.717) is 13.2 Å². The van der Waals surface area contributed by atoms with Gasteiger partial charge in [-0.1, -0.05) is 25.3 Å². The van der Waals surface area contributed by atoms with Crippen molar-refractivity contribution in [1.82, 2.24) is 5.32 Å². The first-order chi connectivity index (χ1) is 10.1. The number of alkyl halides is 3. The van der Waals surface area contributed by atoms with Crippen LogP contribution in [0, 0.1) is 5.92 Å². The third-order valence-electron chi connectivity index (χ3n) is 3.87. The number of benzene rings is 1. The van der Waals surface area contributed by atoms with Gasteiger partial charge in [-0.25, -0.2) is 0 Å². The summed E-state index contributed by atoms with van der Waals surface area (Å²) in [5.74, 6) is 1.01. The average Bonchev–Trinajstić information content (AvgIpc) is 2.47. The number of hydrogen-bond acceptors (Lipinski definition) is 2. The van der Waals surface area contributed by atoms with E-state index >= 15 is 0 Å². The zero-order valence-corrected chi connectivity index (χ0v) is 12.1. The monoisotopic (exact) mass is 301 g/mol. The lowest BCUT2D eigenvalue weighted by Gasteiger charge is -2.21. The van der Waals surface area contributed by atoms with Crippen LogP contribution in [0.4, 0.5) is 13.2 Å². The molecule has 0 atom stereocenters. The number of hydrogen-bond donors (Lipinski definition) is 1. The predicted molar refractivity (Wildman–Crippen MR) is 76.4 cm³/mol. The lowest BCUT2D eigenvalue weighted by Crippen LogP contribution is -2.28. The first-order valence-electron chi connectivity index (χ1n) is 7.56. The Morgan fingerprint density at radius 1 is 1.14 bits per heavy atom. The molecule has 2 rings (SSSR count). The van der Waals surface area contributed by atoms with Crippen molar-refractivity contribution in [3.05, 3.63) is 29.8 Å². The molecular weight excluding hydrogens is 279 g/mol. The van der Waals surface area contributed by atoms with Crippen LogP contribution in [0.2, 0.25) is 0 Å². The van der Waals surface area contributed by atoms with Gasteiger partial charge in [0.25, 0.3) is 0 Å². The van der Waals surface area contributed by atoms with Crippen LogP contribution in [0.15, 0.2) is 24.3 Å². The zero-order valence-electron chi connectivity index (χ0n) is 12.1. The maximum absolute atomic E-state index is 12.5. The Hall–Kier alpha value is -1.23. The molecule has 0 spiro atoms. The van der Waals surface area contributed by atoms with Gasteiger partial charge in [-0.15, -0.1) is 0 Å². The molecule has 1 aliphatic rings. The molecule has 1 aliphatic carbocycles. The summed E-state index contributed by atoms with van der Waals surface area (Å²) in [4.78, 5) is 0. The molecule has 2 nitrogen and oxygen atoms in total. The van der Waals surface area contributed by atoms with Gasteiger partial charge in [0.2, 0.25) is 0 Å². The molecular formula is C16H22F3NO. The Kier molecular flexibility index (Phi) is 5.91. The second-order valence-corrected chi connectivity index (χ2v) is 5.58. The Bertz CT molecular complexity index is 428. The van der Waals surface area contributed by atoms with Crippen molar-refractivity contribution < 1.29 is 17.9 Å². The van der Waals surface area contributed by atoms with Crippen molar-refractivity contribution >= 4 is 0 Å². The molecule has 1 N–H and O–H groups in total. The van der Waals surface area contributed by atoms with Crippen LogP contribution in [-0.4, -0.2) is 19.7 Å². The van der Waals surface area contributed by atoms with E-state index in [-0.39, 0.29) is 5.75 Å². The minimum Gasteiger partial charge on any atom is -0.492 e. The summed E-state index contributed by atoms with van der Waals surface area (Å²) >= 11 is 0. The van der Waals surface area contributed by atoms with Crippen molar-refractivity contribution in [1.29, 1.82) is 0 Å². The van der Waals surface area contributed by atoms with Crippen LogP contribution < -0.4 is 10.1 Å². The van der Waals surface area contributed by atoms with Gasteiger partial charge in [0.05, 0.1) is 5.56 Å². The van der Waals surface area contributed by atoms with E-state index in [4.69, 9.17) is 4.74 Å². The van der Waals surface area contributed by atoms with Gasteiger partial charge in [0.1, 0.15) is 12.4 Å². The van der Waals surface area contributed by atoms with Crippen LogP contribution in [0.5, 0.6) is 5.75 Å². The molecule has 1 aromatic carbocycles. The summed E-state index contributed by atoms with van der Waals surface area (Å²) in [5.41, 5.74) is -0.671. The number of ether oxygens (including phenoxy) is 1. The summed E-state index contributed by atoms with van der Waals surface area (Å²) in [7, 11) is 0. The van der Waals surface area contributed by atoms with Crippen LogP contribution in [0.1, 0.15) is 37.7 Å². The fourth-order valence-corrected chi connectivity index (χ4v) is 2.70. The number of rotatable bonds is 6. The molecule has 1 aromatic rings. The van der Waals surface area contributed by atoms with Crippen molar-refractivity contribution in [2.24, 2.45) is 5.92 Å². The Morgan fingerprint density at radius 2 is 1.90 bits per heavy atom. The molecule has 5 heteroatoms. The lowest BCUT2D eigenvalue weighted by atomic mass is 9.89. The van der Waals surface area contributed by atoms with Gasteiger partial charge < -0.3 is 10.1 Å². The highest BCUT2D eigenvalue weighted by molar-refractivity contribution is 5.30. The first-order valence-corrected chi connectivity index (χ1v) is 7.56. The van der Waals surface area contributed by atoms with E-state index in [1.54, 1.807) is 6.07 Å². The van der Waals surface area contributed by atoms with Crippen molar-refractivity contribution in [2.45, 2.75) is 38.3 Å². The fourth-order valence-electron chi connectivity index (χ4n) is 2.70. The van der Waals surface area contributed by atoms with E-state index in [2.05, 4.69) is 5.32 Å². The van der Waals surface area contributed by atoms with Crippen LogP contribution >= 0.6 is 0 Å². The third kappa shape index (κ3) is 5.58. The highest BCUT2D eigenvalue weighted by Crippen LogP contribution is 2.31. The molecule has 21 heavy (non-hydrogen) atoms. The van der Waals surface area contributed by atoms with Crippen molar-refractivity contribution in [3.8, 4) is 5.75 Å². The molecule has 0 amide bonds. The molecule has 0 saturated heterocycles. The van der Waals surface area contributed by atoms with E-state index in [1.807, 2.05) is 0 Å². The minimum atomic E-state index is -4.32. The lowest BCUT2D eigenvalue weighted by molar-refractivity contribution is -0.137. The van der Waals surface area contributed by atoms with E-state index in [0.717, 1.165) is 24.6 Å². The van der Waals surface area contributed by atoms with E-state index in [9.17, 15) is 13.2 Å². The molecule has 0 aliphatic heterocycles. The maximum Gasteiger partial charge on any atom is 0.416 e. The van der Waals surface area contributed by atoms with Crippen LogP contribution in [0.25, 0.3) is 0 Å². The Morgan fingerprint density at radius 3 is 2.62 bits per heavy atom. The summed E-state index contributed by atoms with van der Waals surface area (Å²) in [6.07, 6.45) is 2.21. The molecule has 118 valence electrons. The standard InChI is InChI=1S/C16H22F3NO/c17-16(18,19)14-7-4-8-15(11-14)21-10-9-20-12-13-5-2-1-3-6-13/h4,7-8,11,13,20H,1-3,5-6,9-10,12H2. The molecule has 1 fully saturated rings. The first kappa shape index (κ1) is 16.1. The molecule has 0 bridgehead atoms. The molecule has 1 saturated carbocycles. The Labute approximate surface area is 123 Å². The number of nitrogens with one attached hydrogen (secondary N) is 1. The molecule has 0 heterocycles. The summed E-state index contributed by atoms with van der Waals surface area (Å²) < 4.78 is 43.0. The van der Waals surface area contributed by atoms with Crippen LogP contribution in [-0.2, 0) is 6.18 Å². The normalized spacial score (nSPS) is 16.9. The molecule has 0 aromatic heterocycles. The van der Waals surface area contributed by atoms with Gasteiger partial charge >= 0.3 is 6.18 Å². The second-order valence-electron chi connectivity index (χ2n) is 5.58. The Balaban J connectivity index is 1.66. The van der Waals surface area contributed by atoms with Gasteiger partial charge in [0, 0.05) is 6.54 Å². The largest absolute Gasteiger partial charge is 0.492 e. The number of halogens is 3. The average molecular weight is 301 g/mol. The summed E-state index contributed by atoms with van der Waals surface area (Å²) in [6, 6.07) is 5.01. The summed E-state index contributed by atoms with van der Waals surface area (Å²) in [6.45, 7) is 2.02. The molecule has 0 radical (unpaired) electrons. The third-order valence-corrected chi connectivity index (χ3v) is 3.87. The highest BCUT2D eigenvalue weighted by atomic mass is 19.4. The van der Waals surface area contributed by atoms with E-state index < -0.39 is 11.7 Å². The van der Waals surface area contributed by atoms with Gasteiger partial charge in [-0.3, -0.25) is 0 Å². The smallest absolute Gasteiger partial charge is 0.416 e. The van der Waals surface area contributed by atoms with Gasteiger partial charge in [0.15, 0.2) is 0 Å². The fraction of sp³-hybridized carbons (Fsp3) is 0.625. The van der Waals surface area contributed by atoms with Crippen LogP contribution in [0.3, 0.4) is 0 Å². The topological polar surface area (TPSA) is 21.3 Å². The SMILES string of the molecule is FC(F)(F)c1cccc(OCCNCC2CCCCC2)c1. The van der Waals surface area contributed by atoms with Gasteiger partial charge in [-0.05, 0) is 43.5 Å². The zero-order chi connectivity index (χ0) is 15.1. The quantitative estimate of drug-likeness (QED) is 0.793. The molecule has 0 unspecified atom stereocenters. The predicted octanol–water partition coefficient (Wildman–Crippen LogP) is 4.25. The second kappa shape index (κ2) is 7.69. The van der Waals surface area contributed by atoms with E-state index in [1.165, 1.54) is 38.2 Å². The van der Waals surface area contributed by atoms with Crippen molar-refractivity contribution in [3.63, 3.8) is 0 Å². The van der Waals surface area contributed by atoms with Crippen molar-refractivity contribution in [2.75, 3.05) is 19.7 Å².